The summed E-state index contributed by atoms with van der Waals surface area (Å²) in [7, 11) is -3.69. The first-order valence-electron chi connectivity index (χ1n) is 9.09. The van der Waals surface area contributed by atoms with Gasteiger partial charge in [-0.3, -0.25) is 20.4 Å². The first-order valence-corrected chi connectivity index (χ1v) is 10.5. The van der Waals surface area contributed by atoms with Gasteiger partial charge in [0.1, 0.15) is 5.76 Å². The van der Waals surface area contributed by atoms with Crippen LogP contribution >= 0.6 is 0 Å². The predicted octanol–water partition coefficient (Wildman–Crippen LogP) is 1.46. The first kappa shape index (κ1) is 21.0. The minimum atomic E-state index is -3.69. The lowest BCUT2D eigenvalue weighted by molar-refractivity contribution is -0.0440. The van der Waals surface area contributed by atoms with Crippen molar-refractivity contribution in [2.75, 3.05) is 13.1 Å². The van der Waals surface area contributed by atoms with Gasteiger partial charge in [0.05, 0.1) is 28.9 Å². The van der Waals surface area contributed by atoms with Crippen LogP contribution in [0.1, 0.15) is 40.3 Å². The zero-order valence-corrected chi connectivity index (χ0v) is 17.2. The molecule has 1 fully saturated rings. The lowest BCUT2D eigenvalue weighted by atomic mass is 10.2. The fourth-order valence-electron chi connectivity index (χ4n) is 3.13. The molecule has 2 heterocycles. The third-order valence-corrected chi connectivity index (χ3v) is 6.38. The smallest absolute Gasteiger partial charge is 0.273 e. The highest BCUT2D eigenvalue weighted by Crippen LogP contribution is 2.21. The van der Waals surface area contributed by atoms with Crippen molar-refractivity contribution < 1.29 is 27.2 Å². The summed E-state index contributed by atoms with van der Waals surface area (Å²) >= 11 is 0. The molecule has 1 saturated heterocycles. The number of rotatable bonds is 4. The molecule has 10 heteroatoms. The zero-order chi connectivity index (χ0) is 21.2. The summed E-state index contributed by atoms with van der Waals surface area (Å²) in [6.45, 7) is 5.82. The van der Waals surface area contributed by atoms with Gasteiger partial charge in [0.15, 0.2) is 0 Å². The van der Waals surface area contributed by atoms with Crippen LogP contribution in [0.15, 0.2) is 45.9 Å². The molecule has 1 aromatic heterocycles. The number of furan rings is 1. The normalized spacial score (nSPS) is 20.2. The summed E-state index contributed by atoms with van der Waals surface area (Å²) in [4.78, 5) is 24.3. The quantitative estimate of drug-likeness (QED) is 0.722. The SMILES string of the molecule is Cc1occc1C(=O)NNC(=O)c1ccc(S(=O)(=O)N2C[C@H](C)O[C@@H](C)C2)cc1. The van der Waals surface area contributed by atoms with Crippen LogP contribution in [0.3, 0.4) is 0 Å². The van der Waals surface area contributed by atoms with E-state index >= 15 is 0 Å². The number of benzene rings is 1. The second kappa shape index (κ2) is 8.36. The number of hydrazine groups is 1. The molecule has 156 valence electrons. The molecule has 1 aliphatic heterocycles. The minimum absolute atomic E-state index is 0.0911. The number of sulfonamides is 1. The number of morpholine rings is 1. The maximum absolute atomic E-state index is 12.8. The molecule has 2 amide bonds. The number of aryl methyl sites for hydroxylation is 1. The van der Waals surface area contributed by atoms with Crippen LogP contribution < -0.4 is 10.9 Å². The fourth-order valence-corrected chi connectivity index (χ4v) is 4.72. The Hall–Kier alpha value is -2.69. The minimum Gasteiger partial charge on any atom is -0.469 e. The van der Waals surface area contributed by atoms with E-state index < -0.39 is 21.8 Å². The maximum Gasteiger partial charge on any atom is 0.273 e. The van der Waals surface area contributed by atoms with Gasteiger partial charge >= 0.3 is 0 Å². The van der Waals surface area contributed by atoms with Crippen LogP contribution in [0, 0.1) is 6.92 Å². The van der Waals surface area contributed by atoms with Crippen molar-refractivity contribution in [3.05, 3.63) is 53.5 Å². The molecule has 1 aliphatic rings. The molecular formula is C19H23N3O6S. The molecule has 0 saturated carbocycles. The summed E-state index contributed by atoms with van der Waals surface area (Å²) in [5, 5.41) is 0. The number of ether oxygens (including phenoxy) is 1. The summed E-state index contributed by atoms with van der Waals surface area (Å²) in [5.74, 6) is -0.658. The second-order valence-corrected chi connectivity index (χ2v) is 8.84. The van der Waals surface area contributed by atoms with Crippen molar-refractivity contribution in [2.24, 2.45) is 0 Å². The number of nitrogens with one attached hydrogen (secondary N) is 2. The Morgan fingerprint density at radius 2 is 1.59 bits per heavy atom. The Labute approximate surface area is 169 Å². The Morgan fingerprint density at radius 3 is 2.14 bits per heavy atom. The molecule has 29 heavy (non-hydrogen) atoms. The first-order chi connectivity index (χ1) is 13.7. The fraction of sp³-hybridized carbons (Fsp3) is 0.368. The number of carbonyl (C=O) groups is 2. The van der Waals surface area contributed by atoms with Gasteiger partial charge in [0.25, 0.3) is 11.8 Å². The lowest BCUT2D eigenvalue weighted by Crippen LogP contribution is -2.48. The van der Waals surface area contributed by atoms with Gasteiger partial charge in [-0.25, -0.2) is 8.42 Å². The standard InChI is InChI=1S/C19H23N3O6S/c1-12-10-22(11-13(2)28-12)29(25,26)16-6-4-15(5-7-16)18(23)20-21-19(24)17-8-9-27-14(17)3/h4-9,12-13H,10-11H2,1-3H3,(H,20,23)(H,21,24)/t12-,13-/m0/s1. The second-order valence-electron chi connectivity index (χ2n) is 6.90. The zero-order valence-electron chi connectivity index (χ0n) is 16.3. The van der Waals surface area contributed by atoms with Crippen molar-refractivity contribution in [1.82, 2.24) is 15.2 Å². The number of amides is 2. The molecule has 2 N–H and O–H groups in total. The Morgan fingerprint density at radius 1 is 1.00 bits per heavy atom. The van der Waals surface area contributed by atoms with Crippen molar-refractivity contribution in [3.8, 4) is 0 Å². The topological polar surface area (TPSA) is 118 Å². The number of nitrogens with zero attached hydrogens (tertiary/aromatic N) is 1. The monoisotopic (exact) mass is 421 g/mol. The van der Waals surface area contributed by atoms with Gasteiger partial charge in [-0.2, -0.15) is 4.31 Å². The van der Waals surface area contributed by atoms with Gasteiger partial charge in [0.2, 0.25) is 10.0 Å². The molecule has 9 nitrogen and oxygen atoms in total. The van der Waals surface area contributed by atoms with Crippen LogP contribution in [0.2, 0.25) is 0 Å². The van der Waals surface area contributed by atoms with E-state index in [4.69, 9.17) is 9.15 Å². The number of hydrogen-bond acceptors (Lipinski definition) is 6. The van der Waals surface area contributed by atoms with Crippen LogP contribution in [0.4, 0.5) is 0 Å². The third-order valence-electron chi connectivity index (χ3n) is 4.53. The molecule has 0 radical (unpaired) electrons. The van der Waals surface area contributed by atoms with E-state index in [0.29, 0.717) is 11.3 Å². The Kier molecular flexibility index (Phi) is 6.06. The van der Waals surface area contributed by atoms with Crippen molar-refractivity contribution in [2.45, 2.75) is 37.9 Å². The summed E-state index contributed by atoms with van der Waals surface area (Å²) < 4.78 is 37.7. The van der Waals surface area contributed by atoms with E-state index in [2.05, 4.69) is 10.9 Å². The number of carbonyl (C=O) groups excluding carboxylic acids is 2. The number of hydrogen-bond donors (Lipinski definition) is 2. The summed E-state index contributed by atoms with van der Waals surface area (Å²) in [6.07, 6.45) is 0.989. The Balaban J connectivity index is 1.65. The van der Waals surface area contributed by atoms with Crippen molar-refractivity contribution >= 4 is 21.8 Å². The van der Waals surface area contributed by atoms with Crippen molar-refractivity contribution in [3.63, 3.8) is 0 Å². The molecule has 2 atom stereocenters. The highest BCUT2D eigenvalue weighted by atomic mass is 32.2. The predicted molar refractivity (Wildman–Crippen MR) is 104 cm³/mol. The Bertz CT molecular complexity index is 989. The van der Waals surface area contributed by atoms with Crippen LogP contribution in [-0.4, -0.2) is 49.8 Å². The average molecular weight is 421 g/mol. The molecule has 0 spiro atoms. The highest BCUT2D eigenvalue weighted by molar-refractivity contribution is 7.89. The van der Waals surface area contributed by atoms with Gasteiger partial charge in [-0.05, 0) is 51.1 Å². The van der Waals surface area contributed by atoms with E-state index in [1.54, 1.807) is 6.92 Å². The van der Waals surface area contributed by atoms with Gasteiger partial charge in [-0.15, -0.1) is 0 Å². The summed E-state index contributed by atoms with van der Waals surface area (Å²) in [6, 6.07) is 7.02. The van der Waals surface area contributed by atoms with Crippen LogP contribution in [0.5, 0.6) is 0 Å². The molecule has 2 aromatic rings. The van der Waals surface area contributed by atoms with E-state index in [0.717, 1.165) is 0 Å². The van der Waals surface area contributed by atoms with Crippen molar-refractivity contribution in [1.29, 1.82) is 0 Å². The lowest BCUT2D eigenvalue weighted by Gasteiger charge is -2.34. The molecule has 3 rings (SSSR count). The van der Waals surface area contributed by atoms with Gasteiger partial charge < -0.3 is 9.15 Å². The van der Waals surface area contributed by atoms with E-state index in [-0.39, 0.29) is 35.8 Å². The van der Waals surface area contributed by atoms with E-state index in [1.807, 2.05) is 13.8 Å². The molecule has 1 aromatic carbocycles. The van der Waals surface area contributed by atoms with Crippen LogP contribution in [0.25, 0.3) is 0 Å². The molecule has 0 aliphatic carbocycles. The average Bonchev–Trinajstić information content (AvgIpc) is 3.11. The van der Waals surface area contributed by atoms with E-state index in [1.165, 1.54) is 40.9 Å². The molecular weight excluding hydrogens is 398 g/mol. The van der Waals surface area contributed by atoms with E-state index in [9.17, 15) is 18.0 Å². The molecule has 0 unspecified atom stereocenters. The maximum atomic E-state index is 12.8. The van der Waals surface area contributed by atoms with Gasteiger partial charge in [0, 0.05) is 18.7 Å². The van der Waals surface area contributed by atoms with Gasteiger partial charge in [-0.1, -0.05) is 0 Å². The summed E-state index contributed by atoms with van der Waals surface area (Å²) in [5.41, 5.74) is 5.09. The largest absolute Gasteiger partial charge is 0.469 e. The molecule has 0 bridgehead atoms. The van der Waals surface area contributed by atoms with Crippen LogP contribution in [-0.2, 0) is 14.8 Å². The third kappa shape index (κ3) is 4.66. The highest BCUT2D eigenvalue weighted by Gasteiger charge is 2.32.